The molecule has 0 fully saturated rings. The van der Waals surface area contributed by atoms with Gasteiger partial charge in [0.1, 0.15) is 61.6 Å². The first-order valence-electron chi connectivity index (χ1n) is 26.1. The summed E-state index contributed by atoms with van der Waals surface area (Å²) in [6.45, 7) is 0. The van der Waals surface area contributed by atoms with Crippen LogP contribution in [0.3, 0.4) is 0 Å². The van der Waals surface area contributed by atoms with E-state index < -0.39 is 0 Å². The quantitative estimate of drug-likeness (QED) is 0.135. The normalized spacial score (nSPS) is 11.7. The van der Waals surface area contributed by atoms with Crippen LogP contribution in [0.25, 0.3) is 97.4 Å². The number of hydrogen-bond acceptors (Lipinski definition) is 5. The second-order valence-corrected chi connectivity index (χ2v) is 21.3. The number of benzene rings is 11. The molecule has 3 aromatic heterocycles. The standard InChI is InChI=1S/C66H47B5N2O2S/c67-61-60(62(68)64(70)65(71)63(61)69)52-34-41(33-51-47-18-8-11-21-56(47)75-66(51)52)39-25-23-38(24-26-39)40-27-32-53(72(42-13-3-1-4-14-42)44-28-30-48-46-17-7-10-20-55(46)74-57(48)36-44)54(35-40)73(43-15-5-2-6-16-43)45-29-31-50-49-19-9-12-22-58(49)76-59(50)37-45/h1-37H,67-71H2. The summed E-state index contributed by atoms with van der Waals surface area (Å²) in [5.41, 5.74) is 23.2. The number of fused-ring (bicyclic) bond motifs is 9. The van der Waals surface area contributed by atoms with Crippen LogP contribution in [0.1, 0.15) is 0 Å². The van der Waals surface area contributed by atoms with Crippen LogP contribution < -0.4 is 37.1 Å². The van der Waals surface area contributed by atoms with E-state index in [0.29, 0.717) is 0 Å². The molecule has 0 aliphatic rings. The van der Waals surface area contributed by atoms with Crippen molar-refractivity contribution in [2.24, 2.45) is 0 Å². The highest BCUT2D eigenvalue weighted by atomic mass is 32.1. The lowest BCUT2D eigenvalue weighted by atomic mass is 9.59. The van der Waals surface area contributed by atoms with Crippen LogP contribution in [-0.2, 0) is 0 Å². The number of para-hydroxylation sites is 4. The van der Waals surface area contributed by atoms with Gasteiger partial charge < -0.3 is 18.6 Å². The van der Waals surface area contributed by atoms with Crippen LogP contribution in [0.5, 0.6) is 0 Å². The first kappa shape index (κ1) is 45.8. The van der Waals surface area contributed by atoms with Crippen LogP contribution in [-0.4, -0.2) is 39.2 Å². The van der Waals surface area contributed by atoms with Crippen LogP contribution >= 0.6 is 11.3 Å². The van der Waals surface area contributed by atoms with Crippen LogP contribution in [0.15, 0.2) is 233 Å². The Balaban J connectivity index is 0.964. The van der Waals surface area contributed by atoms with Gasteiger partial charge in [-0.1, -0.05) is 138 Å². The zero-order valence-corrected chi connectivity index (χ0v) is 43.8. The van der Waals surface area contributed by atoms with E-state index >= 15 is 0 Å². The number of thiophene rings is 1. The summed E-state index contributed by atoms with van der Waals surface area (Å²) in [6, 6.07) is 81.2. The second kappa shape index (κ2) is 18.2. The minimum atomic E-state index is 0.842. The molecule has 0 atom stereocenters. The maximum Gasteiger partial charge on any atom is 0.143 e. The predicted molar refractivity (Wildman–Crippen MR) is 340 cm³/mol. The molecular weight excluding hydrogens is 939 g/mol. The smallest absolute Gasteiger partial charge is 0.143 e. The largest absolute Gasteiger partial charge is 0.456 e. The summed E-state index contributed by atoms with van der Waals surface area (Å²) in [5.74, 6) is 0. The van der Waals surface area contributed by atoms with Crippen molar-refractivity contribution >= 4 is 176 Å². The van der Waals surface area contributed by atoms with Gasteiger partial charge in [0.2, 0.25) is 0 Å². The van der Waals surface area contributed by atoms with Gasteiger partial charge in [-0.05, 0) is 119 Å². The second-order valence-electron chi connectivity index (χ2n) is 20.2. The molecule has 3 heterocycles. The van der Waals surface area contributed by atoms with E-state index in [1.54, 1.807) is 0 Å². The van der Waals surface area contributed by atoms with Crippen molar-refractivity contribution in [1.29, 1.82) is 0 Å². The van der Waals surface area contributed by atoms with Gasteiger partial charge >= 0.3 is 0 Å². The summed E-state index contributed by atoms with van der Waals surface area (Å²) in [6.07, 6.45) is 0. The van der Waals surface area contributed by atoms with Gasteiger partial charge in [-0.25, -0.2) is 0 Å². The molecule has 0 amide bonds. The first-order chi connectivity index (χ1) is 37.3. The van der Waals surface area contributed by atoms with E-state index in [2.05, 4.69) is 261 Å². The maximum atomic E-state index is 6.76. The fourth-order valence-electron chi connectivity index (χ4n) is 11.7. The molecule has 14 rings (SSSR count). The highest BCUT2D eigenvalue weighted by molar-refractivity contribution is 7.25. The van der Waals surface area contributed by atoms with E-state index in [0.717, 1.165) is 106 Å². The Morgan fingerprint density at radius 1 is 0.303 bits per heavy atom. The number of nitrogens with zero attached hydrogens (tertiary/aromatic N) is 2. The summed E-state index contributed by atoms with van der Waals surface area (Å²) < 4.78 is 15.8. The summed E-state index contributed by atoms with van der Waals surface area (Å²) in [5, 5.41) is 6.99. The molecule has 0 unspecified atom stereocenters. The summed E-state index contributed by atoms with van der Waals surface area (Å²) in [7, 11) is 11.3. The van der Waals surface area contributed by atoms with Gasteiger partial charge in [-0.3, -0.25) is 0 Å². The molecule has 4 nitrogen and oxygen atoms in total. The third-order valence-corrected chi connectivity index (χ3v) is 17.2. The molecule has 0 aliphatic carbocycles. The molecule has 0 spiro atoms. The Bertz CT molecular complexity index is 4580. The van der Waals surface area contributed by atoms with Gasteiger partial charge in [-0.15, -0.1) is 27.7 Å². The molecule has 0 N–H and O–H groups in total. The average molecular weight is 986 g/mol. The Morgan fingerprint density at radius 3 is 1.49 bits per heavy atom. The fourth-order valence-corrected chi connectivity index (χ4v) is 12.9. The predicted octanol–water partition coefficient (Wildman–Crippen LogP) is 11.1. The van der Waals surface area contributed by atoms with Gasteiger partial charge in [0.15, 0.2) is 0 Å². The van der Waals surface area contributed by atoms with E-state index in [1.807, 2.05) is 23.5 Å². The van der Waals surface area contributed by atoms with E-state index in [1.165, 1.54) is 53.0 Å². The van der Waals surface area contributed by atoms with Crippen molar-refractivity contribution in [1.82, 2.24) is 0 Å². The van der Waals surface area contributed by atoms with Crippen LogP contribution in [0.2, 0.25) is 0 Å². The van der Waals surface area contributed by atoms with Gasteiger partial charge in [0.05, 0.1) is 11.4 Å². The van der Waals surface area contributed by atoms with Gasteiger partial charge in [0, 0.05) is 76.1 Å². The SMILES string of the molecule is Bc1c(B)c(B)c(-c2cc(-c3ccc(-c4ccc(N(c5ccccc5)c5ccc6c(c5)oc5ccccc56)c(N(c5ccccc5)c5ccc6c(c5)sc5ccccc56)c4)cc3)cc3c2oc2ccccc23)c(B)c1B. The van der Waals surface area contributed by atoms with Crippen molar-refractivity contribution in [3.8, 4) is 33.4 Å². The molecular formula is C66H47B5N2O2S. The van der Waals surface area contributed by atoms with E-state index in [4.69, 9.17) is 8.83 Å². The molecule has 354 valence electrons. The van der Waals surface area contributed by atoms with E-state index in [-0.39, 0.29) is 0 Å². The molecule has 11 aromatic carbocycles. The lowest BCUT2D eigenvalue weighted by molar-refractivity contribution is 0.669. The third kappa shape index (κ3) is 7.50. The maximum absolute atomic E-state index is 6.76. The lowest BCUT2D eigenvalue weighted by Gasteiger charge is -2.33. The lowest BCUT2D eigenvalue weighted by Crippen LogP contribution is -2.55. The van der Waals surface area contributed by atoms with Crippen LogP contribution in [0.4, 0.5) is 34.1 Å². The molecule has 0 saturated carbocycles. The number of furan rings is 2. The average Bonchev–Trinajstić information content (AvgIpc) is 4.25. The molecule has 76 heavy (non-hydrogen) atoms. The van der Waals surface area contributed by atoms with Crippen molar-refractivity contribution in [2.45, 2.75) is 0 Å². The van der Waals surface area contributed by atoms with E-state index in [9.17, 15) is 0 Å². The van der Waals surface area contributed by atoms with Gasteiger partial charge in [0.25, 0.3) is 0 Å². The zero-order chi connectivity index (χ0) is 51.2. The summed E-state index contributed by atoms with van der Waals surface area (Å²) >= 11 is 1.84. The van der Waals surface area contributed by atoms with Crippen molar-refractivity contribution in [3.63, 3.8) is 0 Å². The molecule has 0 aliphatic heterocycles. The number of rotatable bonds is 9. The molecule has 0 bridgehead atoms. The minimum Gasteiger partial charge on any atom is -0.456 e. The zero-order valence-electron chi connectivity index (χ0n) is 43.0. The van der Waals surface area contributed by atoms with Gasteiger partial charge in [-0.2, -0.15) is 0 Å². The fraction of sp³-hybridized carbons (Fsp3) is 0. The highest BCUT2D eigenvalue weighted by Crippen LogP contribution is 2.49. The van der Waals surface area contributed by atoms with Crippen molar-refractivity contribution in [3.05, 3.63) is 224 Å². The Hall–Kier alpha value is -8.84. The van der Waals surface area contributed by atoms with Crippen molar-refractivity contribution in [2.75, 3.05) is 9.80 Å². The monoisotopic (exact) mass is 986 g/mol. The Labute approximate surface area is 449 Å². The van der Waals surface area contributed by atoms with Crippen molar-refractivity contribution < 1.29 is 8.83 Å². The topological polar surface area (TPSA) is 32.8 Å². The first-order valence-corrected chi connectivity index (χ1v) is 26.9. The molecule has 14 aromatic rings. The van der Waals surface area contributed by atoms with Crippen LogP contribution in [0, 0.1) is 0 Å². The third-order valence-electron chi connectivity index (χ3n) is 16.0. The number of anilines is 6. The Kier molecular flexibility index (Phi) is 11.0. The Morgan fingerprint density at radius 2 is 0.803 bits per heavy atom. The molecule has 0 saturated heterocycles. The summed E-state index contributed by atoms with van der Waals surface area (Å²) in [4.78, 5) is 4.80. The highest BCUT2D eigenvalue weighted by Gasteiger charge is 2.26. The minimum absolute atomic E-state index is 0.842. The number of hydrogen-bond donors (Lipinski definition) is 0. The molecule has 10 heteroatoms. The molecule has 0 radical (unpaired) electrons.